The molecule has 0 saturated heterocycles. The Kier molecular flexibility index (Phi) is 6.94. The lowest BCUT2D eigenvalue weighted by Gasteiger charge is -2.19. The number of aryl methyl sites for hydroxylation is 2. The lowest BCUT2D eigenvalue weighted by molar-refractivity contribution is 0.177. The number of benzene rings is 2. The van der Waals surface area contributed by atoms with Crippen molar-refractivity contribution in [1.82, 2.24) is 4.98 Å². The van der Waals surface area contributed by atoms with Gasteiger partial charge in [-0.25, -0.2) is 0 Å². The van der Waals surface area contributed by atoms with Gasteiger partial charge in [0.1, 0.15) is 0 Å². The van der Waals surface area contributed by atoms with Gasteiger partial charge in [0.25, 0.3) is 0 Å². The van der Waals surface area contributed by atoms with E-state index in [0.717, 1.165) is 34.8 Å². The van der Waals surface area contributed by atoms with Crippen LogP contribution in [0, 0.1) is 13.8 Å². The van der Waals surface area contributed by atoms with Gasteiger partial charge in [0.15, 0.2) is 0 Å². The summed E-state index contributed by atoms with van der Waals surface area (Å²) in [6.07, 6.45) is 1.03. The molecule has 5 heteroatoms. The molecule has 2 aromatic carbocycles. The Bertz CT molecular complexity index is 958. The van der Waals surface area contributed by atoms with Crippen molar-refractivity contribution in [1.29, 1.82) is 0 Å². The molecule has 1 unspecified atom stereocenters. The van der Waals surface area contributed by atoms with E-state index in [2.05, 4.69) is 50.4 Å². The second kappa shape index (κ2) is 9.41. The maximum absolute atomic E-state index is 5.80. The molecule has 0 amide bonds. The van der Waals surface area contributed by atoms with Crippen LogP contribution in [0.4, 0.5) is 5.69 Å². The van der Waals surface area contributed by atoms with Crippen LogP contribution in [0.1, 0.15) is 41.6 Å². The highest BCUT2D eigenvalue weighted by molar-refractivity contribution is 7.97. The standard InChI is InChI=1S/C23H29N3OS/c1-5-17(14-27-4)19-12-20-18(10-15(2)11-22(20)26-16(19)3)13-25-21-8-6-7-9-23(21)28-24/h6-12,17,25H,5,13-14,24H2,1-4H3. The average Bonchev–Trinajstić information content (AvgIpc) is 2.70. The SMILES string of the molecule is CCC(COC)c1cc2c(CNc3ccccc3SN)cc(C)cc2nc1C. The number of hydrogen-bond donors (Lipinski definition) is 2. The van der Waals surface area contributed by atoms with Crippen molar-refractivity contribution in [2.75, 3.05) is 19.0 Å². The third-order valence-electron chi connectivity index (χ3n) is 5.18. The minimum Gasteiger partial charge on any atom is -0.384 e. The van der Waals surface area contributed by atoms with Crippen molar-refractivity contribution in [3.8, 4) is 0 Å². The predicted octanol–water partition coefficient (Wildman–Crippen LogP) is 5.57. The molecule has 0 aliphatic carbocycles. The van der Waals surface area contributed by atoms with Crippen molar-refractivity contribution in [3.05, 3.63) is 64.8 Å². The molecule has 3 rings (SSSR count). The molecule has 1 aromatic heterocycles. The summed E-state index contributed by atoms with van der Waals surface area (Å²) in [6.45, 7) is 7.86. The van der Waals surface area contributed by atoms with E-state index in [9.17, 15) is 0 Å². The maximum Gasteiger partial charge on any atom is 0.0711 e. The number of fused-ring (bicyclic) bond motifs is 1. The van der Waals surface area contributed by atoms with Crippen molar-refractivity contribution in [2.45, 2.75) is 44.6 Å². The van der Waals surface area contributed by atoms with Gasteiger partial charge in [-0.05, 0) is 73.2 Å². The molecule has 1 atom stereocenters. The Hall–Kier alpha value is -2.08. The van der Waals surface area contributed by atoms with Crippen LogP contribution in [-0.2, 0) is 11.3 Å². The van der Waals surface area contributed by atoms with Crippen molar-refractivity contribution in [2.24, 2.45) is 5.14 Å². The Morgan fingerprint density at radius 2 is 1.96 bits per heavy atom. The zero-order chi connectivity index (χ0) is 20.1. The molecule has 3 N–H and O–H groups in total. The summed E-state index contributed by atoms with van der Waals surface area (Å²) in [5.41, 5.74) is 6.93. The zero-order valence-electron chi connectivity index (χ0n) is 17.1. The monoisotopic (exact) mass is 395 g/mol. The van der Waals surface area contributed by atoms with Gasteiger partial charge in [-0.3, -0.25) is 10.1 Å². The number of pyridine rings is 1. The van der Waals surface area contributed by atoms with E-state index in [1.54, 1.807) is 7.11 Å². The van der Waals surface area contributed by atoms with E-state index in [-0.39, 0.29) is 0 Å². The first-order chi connectivity index (χ1) is 13.6. The molecule has 148 valence electrons. The first-order valence-electron chi connectivity index (χ1n) is 9.66. The van der Waals surface area contributed by atoms with Gasteiger partial charge in [-0.2, -0.15) is 0 Å². The fourth-order valence-electron chi connectivity index (χ4n) is 3.71. The smallest absolute Gasteiger partial charge is 0.0711 e. The highest BCUT2D eigenvalue weighted by Crippen LogP contribution is 2.30. The lowest BCUT2D eigenvalue weighted by Crippen LogP contribution is -2.09. The largest absolute Gasteiger partial charge is 0.384 e. The number of hydrogen-bond acceptors (Lipinski definition) is 5. The van der Waals surface area contributed by atoms with Gasteiger partial charge in [-0.1, -0.05) is 25.1 Å². The van der Waals surface area contributed by atoms with E-state index < -0.39 is 0 Å². The maximum atomic E-state index is 5.80. The second-order valence-corrected chi connectivity index (χ2v) is 7.86. The van der Waals surface area contributed by atoms with Crippen LogP contribution in [0.3, 0.4) is 0 Å². The summed E-state index contributed by atoms with van der Waals surface area (Å²) in [5, 5.41) is 10.6. The third kappa shape index (κ3) is 4.49. The number of nitrogens with two attached hydrogens (primary N) is 1. The minimum absolute atomic E-state index is 0.360. The molecule has 4 nitrogen and oxygen atoms in total. The molecule has 0 aliphatic rings. The molecule has 0 aliphatic heterocycles. The first-order valence-corrected chi connectivity index (χ1v) is 10.5. The van der Waals surface area contributed by atoms with Crippen LogP contribution >= 0.6 is 11.9 Å². The predicted molar refractivity (Wildman–Crippen MR) is 120 cm³/mol. The summed E-state index contributed by atoms with van der Waals surface area (Å²) < 4.78 is 5.44. The number of nitrogens with zero attached hydrogens (tertiary/aromatic N) is 1. The third-order valence-corrected chi connectivity index (χ3v) is 5.79. The highest BCUT2D eigenvalue weighted by atomic mass is 32.2. The van der Waals surface area contributed by atoms with Crippen LogP contribution < -0.4 is 10.5 Å². The number of ether oxygens (including phenoxy) is 1. The molecular formula is C23H29N3OS. The summed E-state index contributed by atoms with van der Waals surface area (Å²) in [6, 6.07) is 14.8. The van der Waals surface area contributed by atoms with Gasteiger partial charge in [0.2, 0.25) is 0 Å². The fraction of sp³-hybridized carbons (Fsp3) is 0.348. The van der Waals surface area contributed by atoms with E-state index >= 15 is 0 Å². The van der Waals surface area contributed by atoms with E-state index in [1.807, 2.05) is 18.2 Å². The molecule has 0 spiro atoms. The Labute approximate surface area is 172 Å². The normalized spacial score (nSPS) is 12.3. The summed E-state index contributed by atoms with van der Waals surface area (Å²) in [4.78, 5) is 5.97. The molecular weight excluding hydrogens is 366 g/mol. The van der Waals surface area contributed by atoms with E-state index in [0.29, 0.717) is 12.5 Å². The average molecular weight is 396 g/mol. The highest BCUT2D eigenvalue weighted by Gasteiger charge is 2.16. The Balaban J connectivity index is 2.01. The van der Waals surface area contributed by atoms with Crippen molar-refractivity contribution >= 4 is 28.5 Å². The Morgan fingerprint density at radius 3 is 2.68 bits per heavy atom. The second-order valence-electron chi connectivity index (χ2n) is 7.18. The number of anilines is 1. The molecule has 0 saturated carbocycles. The van der Waals surface area contributed by atoms with E-state index in [4.69, 9.17) is 14.9 Å². The molecule has 0 radical (unpaired) electrons. The van der Waals surface area contributed by atoms with Crippen LogP contribution in [0.5, 0.6) is 0 Å². The molecule has 0 fully saturated rings. The number of aromatic nitrogens is 1. The molecule has 1 heterocycles. The van der Waals surface area contributed by atoms with Gasteiger partial charge >= 0.3 is 0 Å². The van der Waals surface area contributed by atoms with Crippen molar-refractivity contribution in [3.63, 3.8) is 0 Å². The quantitative estimate of drug-likeness (QED) is 0.488. The summed E-state index contributed by atoms with van der Waals surface area (Å²) >= 11 is 1.27. The zero-order valence-corrected chi connectivity index (χ0v) is 17.9. The number of rotatable bonds is 8. The van der Waals surface area contributed by atoms with Crippen LogP contribution in [0.25, 0.3) is 10.9 Å². The summed E-state index contributed by atoms with van der Waals surface area (Å²) in [7, 11) is 1.76. The van der Waals surface area contributed by atoms with Gasteiger partial charge in [0, 0.05) is 41.2 Å². The van der Waals surface area contributed by atoms with Crippen LogP contribution in [0.15, 0.2) is 47.4 Å². The Morgan fingerprint density at radius 1 is 1.18 bits per heavy atom. The van der Waals surface area contributed by atoms with Crippen molar-refractivity contribution < 1.29 is 4.74 Å². The van der Waals surface area contributed by atoms with E-state index in [1.165, 1.54) is 34.0 Å². The number of methoxy groups -OCH3 is 1. The van der Waals surface area contributed by atoms with Gasteiger partial charge in [0.05, 0.1) is 12.1 Å². The molecule has 3 aromatic rings. The molecule has 0 bridgehead atoms. The van der Waals surface area contributed by atoms with Crippen LogP contribution in [0.2, 0.25) is 0 Å². The topological polar surface area (TPSA) is 60.2 Å². The minimum atomic E-state index is 0.360. The number of nitrogens with one attached hydrogen (secondary N) is 1. The van der Waals surface area contributed by atoms with Gasteiger partial charge < -0.3 is 10.1 Å². The fourth-order valence-corrected chi connectivity index (χ4v) is 4.13. The lowest BCUT2D eigenvalue weighted by atomic mass is 9.93. The molecule has 28 heavy (non-hydrogen) atoms. The number of para-hydroxylation sites is 1. The van der Waals surface area contributed by atoms with Gasteiger partial charge in [-0.15, -0.1) is 0 Å². The first kappa shape index (κ1) is 20.6. The van der Waals surface area contributed by atoms with Crippen LogP contribution in [-0.4, -0.2) is 18.7 Å². The summed E-state index contributed by atoms with van der Waals surface area (Å²) in [5.74, 6) is 0.360.